The van der Waals surface area contributed by atoms with Crippen molar-refractivity contribution in [3.05, 3.63) is 91.0 Å². The smallest absolute Gasteiger partial charge is 0.262 e. The largest absolute Gasteiger partial charge is 0.455 e. The number of benzene rings is 3. The van der Waals surface area contributed by atoms with Gasteiger partial charge in [0, 0.05) is 12.5 Å². The molecule has 146 valence electrons. The number of anilines is 1. The molecule has 0 radical (unpaired) electrons. The maximum absolute atomic E-state index is 12.9. The fourth-order valence-corrected chi connectivity index (χ4v) is 3.83. The van der Waals surface area contributed by atoms with Crippen LogP contribution in [0, 0.1) is 6.92 Å². The van der Waals surface area contributed by atoms with Crippen molar-refractivity contribution in [1.82, 2.24) is 4.98 Å². The van der Waals surface area contributed by atoms with Crippen LogP contribution in [0.4, 0.5) is 5.69 Å². The first-order valence-corrected chi connectivity index (χ1v) is 10.4. The van der Waals surface area contributed by atoms with Gasteiger partial charge in [-0.05, 0) is 36.4 Å². The van der Waals surface area contributed by atoms with Crippen LogP contribution in [0.25, 0.3) is 11.3 Å². The first kappa shape index (κ1) is 18.8. The van der Waals surface area contributed by atoms with Crippen LogP contribution < -0.4 is 9.46 Å². The van der Waals surface area contributed by atoms with Crippen LogP contribution in [-0.4, -0.2) is 13.4 Å². The SMILES string of the molecule is Cc1nc(-c2ccc(S(=O)(=O)Nc3ccccc3Oc3ccccc3)cc2)co1. The zero-order chi connectivity index (χ0) is 20.3. The maximum atomic E-state index is 12.9. The molecule has 6 nitrogen and oxygen atoms in total. The molecule has 0 atom stereocenters. The molecule has 0 bridgehead atoms. The Morgan fingerprint density at radius 1 is 0.897 bits per heavy atom. The molecule has 1 N–H and O–H groups in total. The highest BCUT2D eigenvalue weighted by Crippen LogP contribution is 2.31. The average molecular weight is 406 g/mol. The predicted molar refractivity (Wildman–Crippen MR) is 110 cm³/mol. The summed E-state index contributed by atoms with van der Waals surface area (Å²) in [6.07, 6.45) is 1.54. The fraction of sp³-hybridized carbons (Fsp3) is 0.0455. The highest BCUT2D eigenvalue weighted by atomic mass is 32.2. The molecule has 0 saturated heterocycles. The molecule has 0 fully saturated rings. The molecule has 7 heteroatoms. The van der Waals surface area contributed by atoms with Crippen LogP contribution in [0.5, 0.6) is 11.5 Å². The van der Waals surface area contributed by atoms with E-state index in [2.05, 4.69) is 9.71 Å². The molecule has 3 aromatic carbocycles. The Hall–Kier alpha value is -3.58. The molecule has 29 heavy (non-hydrogen) atoms. The summed E-state index contributed by atoms with van der Waals surface area (Å²) in [6.45, 7) is 1.75. The molecule has 0 amide bonds. The van der Waals surface area contributed by atoms with Crippen LogP contribution in [0.1, 0.15) is 5.89 Å². The second kappa shape index (κ2) is 7.81. The van der Waals surface area contributed by atoms with Crippen LogP contribution >= 0.6 is 0 Å². The molecular formula is C22H18N2O4S. The third kappa shape index (κ3) is 4.30. The third-order valence-electron chi connectivity index (χ3n) is 4.18. The summed E-state index contributed by atoms with van der Waals surface area (Å²) in [5, 5.41) is 0. The van der Waals surface area contributed by atoms with Gasteiger partial charge >= 0.3 is 0 Å². The Morgan fingerprint density at radius 2 is 1.59 bits per heavy atom. The molecule has 1 aromatic heterocycles. The standard InChI is InChI=1S/C22H18N2O4S/c1-16-23-21(15-27-16)17-11-13-19(14-12-17)29(25,26)24-20-9-5-6-10-22(20)28-18-7-3-2-4-8-18/h2-15,24H,1H3. The minimum Gasteiger partial charge on any atom is -0.455 e. The topological polar surface area (TPSA) is 81.4 Å². The van der Waals surface area contributed by atoms with Crippen molar-refractivity contribution in [3.63, 3.8) is 0 Å². The second-order valence-corrected chi connectivity index (χ2v) is 7.98. The number of sulfonamides is 1. The lowest BCUT2D eigenvalue weighted by atomic mass is 10.2. The van der Waals surface area contributed by atoms with Gasteiger partial charge in [-0.25, -0.2) is 13.4 Å². The summed E-state index contributed by atoms with van der Waals surface area (Å²) < 4.78 is 39.3. The molecule has 0 saturated carbocycles. The van der Waals surface area contributed by atoms with Gasteiger partial charge in [-0.15, -0.1) is 0 Å². The second-order valence-electron chi connectivity index (χ2n) is 6.29. The van der Waals surface area contributed by atoms with Crippen molar-refractivity contribution in [2.24, 2.45) is 0 Å². The van der Waals surface area contributed by atoms with E-state index in [0.717, 1.165) is 5.56 Å². The Balaban J connectivity index is 1.57. The number of para-hydroxylation sites is 3. The van der Waals surface area contributed by atoms with Crippen molar-refractivity contribution in [2.75, 3.05) is 4.72 Å². The lowest BCUT2D eigenvalue weighted by Crippen LogP contribution is -2.13. The van der Waals surface area contributed by atoms with E-state index in [-0.39, 0.29) is 4.90 Å². The van der Waals surface area contributed by atoms with E-state index in [9.17, 15) is 8.42 Å². The molecule has 0 spiro atoms. The Bertz CT molecular complexity index is 1220. The first-order chi connectivity index (χ1) is 14.0. The normalized spacial score (nSPS) is 11.2. The number of aryl methyl sites for hydroxylation is 1. The van der Waals surface area contributed by atoms with Crippen molar-refractivity contribution < 1.29 is 17.6 Å². The van der Waals surface area contributed by atoms with Gasteiger partial charge in [0.2, 0.25) is 0 Å². The molecule has 0 aliphatic heterocycles. The van der Waals surface area contributed by atoms with Gasteiger partial charge in [-0.2, -0.15) is 0 Å². The van der Waals surface area contributed by atoms with Crippen LogP contribution in [0.15, 0.2) is 94.4 Å². The lowest BCUT2D eigenvalue weighted by molar-refractivity contribution is 0.485. The summed E-state index contributed by atoms with van der Waals surface area (Å²) >= 11 is 0. The molecule has 0 unspecified atom stereocenters. The Labute approximate surface area is 168 Å². The maximum Gasteiger partial charge on any atom is 0.262 e. The monoisotopic (exact) mass is 406 g/mol. The van der Waals surface area contributed by atoms with E-state index in [0.29, 0.717) is 28.8 Å². The van der Waals surface area contributed by atoms with Gasteiger partial charge < -0.3 is 9.15 Å². The van der Waals surface area contributed by atoms with Gasteiger partial charge in [0.25, 0.3) is 10.0 Å². The summed E-state index contributed by atoms with van der Waals surface area (Å²) in [5.41, 5.74) is 1.78. The number of nitrogens with zero attached hydrogens (tertiary/aromatic N) is 1. The molecule has 0 aliphatic rings. The quantitative estimate of drug-likeness (QED) is 0.473. The number of oxazole rings is 1. The van der Waals surface area contributed by atoms with Gasteiger partial charge in [0.05, 0.1) is 10.6 Å². The highest BCUT2D eigenvalue weighted by molar-refractivity contribution is 7.92. The van der Waals surface area contributed by atoms with Gasteiger partial charge in [0.15, 0.2) is 11.6 Å². The van der Waals surface area contributed by atoms with E-state index < -0.39 is 10.0 Å². The van der Waals surface area contributed by atoms with Gasteiger partial charge in [0.1, 0.15) is 17.7 Å². The average Bonchev–Trinajstić information content (AvgIpc) is 3.17. The van der Waals surface area contributed by atoms with Crippen molar-refractivity contribution in [2.45, 2.75) is 11.8 Å². The fourth-order valence-electron chi connectivity index (χ4n) is 2.76. The van der Waals surface area contributed by atoms with Crippen molar-refractivity contribution >= 4 is 15.7 Å². The third-order valence-corrected chi connectivity index (χ3v) is 5.56. The summed E-state index contributed by atoms with van der Waals surface area (Å²) in [5.74, 6) is 1.58. The lowest BCUT2D eigenvalue weighted by Gasteiger charge is -2.13. The highest BCUT2D eigenvalue weighted by Gasteiger charge is 2.17. The van der Waals surface area contributed by atoms with Crippen molar-refractivity contribution in [1.29, 1.82) is 0 Å². The molecule has 4 aromatic rings. The van der Waals surface area contributed by atoms with Gasteiger partial charge in [-0.1, -0.05) is 42.5 Å². The molecule has 1 heterocycles. The predicted octanol–water partition coefficient (Wildman–Crippen LogP) is 5.24. The number of hydrogen-bond acceptors (Lipinski definition) is 5. The molecule has 4 rings (SSSR count). The van der Waals surface area contributed by atoms with E-state index >= 15 is 0 Å². The number of aromatic nitrogens is 1. The minimum atomic E-state index is -3.80. The summed E-state index contributed by atoms with van der Waals surface area (Å²) in [4.78, 5) is 4.38. The van der Waals surface area contributed by atoms with E-state index in [1.54, 1.807) is 55.5 Å². The van der Waals surface area contributed by atoms with Crippen LogP contribution in [-0.2, 0) is 10.0 Å². The number of hydrogen-bond donors (Lipinski definition) is 1. The molecule has 0 aliphatic carbocycles. The zero-order valence-corrected chi connectivity index (χ0v) is 16.4. The molecular weight excluding hydrogens is 388 g/mol. The first-order valence-electron chi connectivity index (χ1n) is 8.88. The number of nitrogens with one attached hydrogen (secondary N) is 1. The zero-order valence-electron chi connectivity index (χ0n) is 15.6. The number of rotatable bonds is 6. The van der Waals surface area contributed by atoms with Crippen LogP contribution in [0.2, 0.25) is 0 Å². The van der Waals surface area contributed by atoms with Crippen LogP contribution in [0.3, 0.4) is 0 Å². The summed E-state index contributed by atoms with van der Waals surface area (Å²) in [7, 11) is -3.80. The van der Waals surface area contributed by atoms with Gasteiger partial charge in [-0.3, -0.25) is 4.72 Å². The number of ether oxygens (including phenoxy) is 1. The Morgan fingerprint density at radius 3 is 2.28 bits per heavy atom. The Kier molecular flexibility index (Phi) is 5.05. The van der Waals surface area contributed by atoms with E-state index in [4.69, 9.17) is 9.15 Å². The summed E-state index contributed by atoms with van der Waals surface area (Å²) in [6, 6.07) is 22.5. The van der Waals surface area contributed by atoms with Crippen molar-refractivity contribution in [3.8, 4) is 22.8 Å². The van der Waals surface area contributed by atoms with E-state index in [1.807, 2.05) is 18.2 Å². The van der Waals surface area contributed by atoms with E-state index in [1.165, 1.54) is 18.4 Å². The minimum absolute atomic E-state index is 0.135.